The summed E-state index contributed by atoms with van der Waals surface area (Å²) in [6.45, 7) is 2.77. The van der Waals surface area contributed by atoms with Crippen molar-refractivity contribution in [2.24, 2.45) is 4.99 Å². The minimum absolute atomic E-state index is 0. The van der Waals surface area contributed by atoms with Gasteiger partial charge in [0.1, 0.15) is 9.84 Å². The first-order valence-electron chi connectivity index (χ1n) is 9.08. The highest BCUT2D eigenvalue weighted by atomic mass is 127. The van der Waals surface area contributed by atoms with Crippen LogP contribution in [0.3, 0.4) is 0 Å². The number of hydrogen-bond donors (Lipinski definition) is 2. The number of halogens is 1. The maximum Gasteiger partial charge on any atom is 0.191 e. The summed E-state index contributed by atoms with van der Waals surface area (Å²) in [5, 5.41) is 9.12. The van der Waals surface area contributed by atoms with Gasteiger partial charge in [0.2, 0.25) is 0 Å². The molecule has 0 aliphatic carbocycles. The van der Waals surface area contributed by atoms with Crippen molar-refractivity contribution in [3.05, 3.63) is 48.0 Å². The van der Waals surface area contributed by atoms with Crippen molar-refractivity contribution < 1.29 is 8.42 Å². The second-order valence-corrected chi connectivity index (χ2v) is 10.0. The fourth-order valence-electron chi connectivity index (χ4n) is 2.73. The van der Waals surface area contributed by atoms with Crippen LogP contribution in [-0.2, 0) is 15.6 Å². The van der Waals surface area contributed by atoms with Gasteiger partial charge in [-0.2, -0.15) is 11.8 Å². The van der Waals surface area contributed by atoms with Gasteiger partial charge >= 0.3 is 0 Å². The largest absolute Gasteiger partial charge is 0.356 e. The van der Waals surface area contributed by atoms with E-state index >= 15 is 0 Å². The molecular weight excluding hydrogens is 505 g/mol. The second-order valence-electron chi connectivity index (χ2n) is 6.65. The van der Waals surface area contributed by atoms with Crippen LogP contribution in [0, 0.1) is 0 Å². The van der Waals surface area contributed by atoms with Crippen molar-refractivity contribution in [1.29, 1.82) is 0 Å². The molecule has 2 aromatic rings. The molecule has 8 heteroatoms. The number of fused-ring (bicyclic) bond motifs is 1. The van der Waals surface area contributed by atoms with Crippen LogP contribution >= 0.6 is 35.7 Å². The molecule has 5 nitrogen and oxygen atoms in total. The van der Waals surface area contributed by atoms with Crippen molar-refractivity contribution >= 4 is 62.3 Å². The molecular formula is C20H30IN3O2S2. The molecule has 28 heavy (non-hydrogen) atoms. The number of sulfone groups is 1. The topological polar surface area (TPSA) is 70.6 Å². The molecule has 0 saturated heterocycles. The van der Waals surface area contributed by atoms with E-state index in [0.29, 0.717) is 12.4 Å². The average molecular weight is 536 g/mol. The SMILES string of the molecule is CN=C(NCCSCc1cccc2ccccc12)NC(C)CCS(C)(=O)=O.I. The van der Waals surface area contributed by atoms with Crippen LogP contribution in [0.25, 0.3) is 10.8 Å². The number of nitrogens with zero attached hydrogens (tertiary/aromatic N) is 1. The summed E-state index contributed by atoms with van der Waals surface area (Å²) in [7, 11) is -1.21. The van der Waals surface area contributed by atoms with E-state index in [9.17, 15) is 8.42 Å². The van der Waals surface area contributed by atoms with Gasteiger partial charge in [-0.05, 0) is 29.7 Å². The molecule has 1 unspecified atom stereocenters. The van der Waals surface area contributed by atoms with E-state index in [0.717, 1.165) is 18.1 Å². The molecule has 0 aliphatic heterocycles. The Morgan fingerprint density at radius 2 is 1.89 bits per heavy atom. The van der Waals surface area contributed by atoms with E-state index in [1.807, 2.05) is 18.7 Å². The van der Waals surface area contributed by atoms with Crippen LogP contribution in [0.5, 0.6) is 0 Å². The Morgan fingerprint density at radius 1 is 1.18 bits per heavy atom. The molecule has 2 N–H and O–H groups in total. The first-order chi connectivity index (χ1) is 12.9. The molecule has 0 heterocycles. The third-order valence-corrected chi connectivity index (χ3v) is 6.19. The maximum atomic E-state index is 11.3. The van der Waals surface area contributed by atoms with Gasteiger partial charge in [0.15, 0.2) is 5.96 Å². The molecule has 156 valence electrons. The highest BCUT2D eigenvalue weighted by molar-refractivity contribution is 14.0. The summed E-state index contributed by atoms with van der Waals surface area (Å²) in [5.74, 6) is 2.82. The fourth-order valence-corrected chi connectivity index (χ4v) is 4.38. The molecule has 0 radical (unpaired) electrons. The van der Waals surface area contributed by atoms with E-state index in [4.69, 9.17) is 0 Å². The molecule has 1 atom stereocenters. The number of guanidine groups is 1. The first kappa shape index (κ1) is 25.0. The predicted molar refractivity (Wildman–Crippen MR) is 134 cm³/mol. The molecule has 0 bridgehead atoms. The smallest absolute Gasteiger partial charge is 0.191 e. The molecule has 2 rings (SSSR count). The van der Waals surface area contributed by atoms with E-state index in [1.54, 1.807) is 7.05 Å². The van der Waals surface area contributed by atoms with E-state index < -0.39 is 9.84 Å². The van der Waals surface area contributed by atoms with Crippen molar-refractivity contribution in [2.75, 3.05) is 31.4 Å². The van der Waals surface area contributed by atoms with Gasteiger partial charge in [0.25, 0.3) is 0 Å². The summed E-state index contributed by atoms with van der Waals surface area (Å²) in [4.78, 5) is 4.20. The molecule has 0 aromatic heterocycles. The summed E-state index contributed by atoms with van der Waals surface area (Å²) in [6, 6.07) is 15.0. The Labute approximate surface area is 190 Å². The van der Waals surface area contributed by atoms with Crippen molar-refractivity contribution in [1.82, 2.24) is 10.6 Å². The van der Waals surface area contributed by atoms with Crippen LogP contribution in [0.2, 0.25) is 0 Å². The van der Waals surface area contributed by atoms with Crippen molar-refractivity contribution in [3.63, 3.8) is 0 Å². The van der Waals surface area contributed by atoms with Crippen LogP contribution in [0.1, 0.15) is 18.9 Å². The monoisotopic (exact) mass is 535 g/mol. The summed E-state index contributed by atoms with van der Waals surface area (Å²) < 4.78 is 22.5. The van der Waals surface area contributed by atoms with Gasteiger partial charge in [-0.3, -0.25) is 4.99 Å². The summed E-state index contributed by atoms with van der Waals surface area (Å²) in [5.41, 5.74) is 1.36. The quantitative estimate of drug-likeness (QED) is 0.222. The van der Waals surface area contributed by atoms with Crippen LogP contribution in [0.15, 0.2) is 47.5 Å². The van der Waals surface area contributed by atoms with Crippen LogP contribution in [0.4, 0.5) is 0 Å². The maximum absolute atomic E-state index is 11.3. The summed E-state index contributed by atoms with van der Waals surface area (Å²) in [6.07, 6.45) is 1.83. The average Bonchev–Trinajstić information content (AvgIpc) is 2.64. The molecule has 0 saturated carbocycles. The molecule has 0 spiro atoms. The predicted octanol–water partition coefficient (Wildman–Crippen LogP) is 3.68. The van der Waals surface area contributed by atoms with Gasteiger partial charge in [-0.25, -0.2) is 8.42 Å². The Kier molecular flexibility index (Phi) is 11.2. The Balaban J connectivity index is 0.00000392. The lowest BCUT2D eigenvalue weighted by atomic mass is 10.1. The third-order valence-electron chi connectivity index (χ3n) is 4.20. The first-order valence-corrected chi connectivity index (χ1v) is 12.3. The van der Waals surface area contributed by atoms with Crippen LogP contribution < -0.4 is 10.6 Å². The summed E-state index contributed by atoms with van der Waals surface area (Å²) >= 11 is 1.88. The standard InChI is InChI=1S/C20H29N3O2S2.HI/c1-16(11-14-27(3,24)25)23-20(21-2)22-12-13-26-15-18-9-6-8-17-7-4-5-10-19(17)18;/h4-10,16H,11-15H2,1-3H3,(H2,21,22,23);1H. The number of nitrogens with one attached hydrogen (secondary N) is 2. The fraction of sp³-hybridized carbons (Fsp3) is 0.450. The van der Waals surface area contributed by atoms with Crippen LogP contribution in [-0.4, -0.2) is 51.8 Å². The zero-order valence-corrected chi connectivity index (χ0v) is 20.6. The van der Waals surface area contributed by atoms with E-state index in [1.165, 1.54) is 22.6 Å². The Hall–Kier alpha value is -1.00. The van der Waals surface area contributed by atoms with Crippen molar-refractivity contribution in [3.8, 4) is 0 Å². The highest BCUT2D eigenvalue weighted by Crippen LogP contribution is 2.22. The van der Waals surface area contributed by atoms with Gasteiger partial charge in [0, 0.05) is 37.4 Å². The zero-order valence-electron chi connectivity index (χ0n) is 16.6. The lowest BCUT2D eigenvalue weighted by Gasteiger charge is -2.17. The number of rotatable bonds is 9. The minimum atomic E-state index is -2.93. The molecule has 0 fully saturated rings. The van der Waals surface area contributed by atoms with E-state index in [2.05, 4.69) is 58.1 Å². The van der Waals surface area contributed by atoms with Gasteiger partial charge in [-0.1, -0.05) is 42.5 Å². The third kappa shape index (κ3) is 9.00. The highest BCUT2D eigenvalue weighted by Gasteiger charge is 2.09. The molecule has 0 amide bonds. The number of thioether (sulfide) groups is 1. The lowest BCUT2D eigenvalue weighted by molar-refractivity contribution is 0.582. The van der Waals surface area contributed by atoms with Gasteiger partial charge in [0.05, 0.1) is 5.75 Å². The molecule has 2 aromatic carbocycles. The second kappa shape index (κ2) is 12.5. The number of aliphatic imine (C=N–C) groups is 1. The Morgan fingerprint density at radius 3 is 2.61 bits per heavy atom. The number of benzene rings is 2. The number of hydrogen-bond acceptors (Lipinski definition) is 4. The van der Waals surface area contributed by atoms with Gasteiger partial charge in [-0.15, -0.1) is 24.0 Å². The molecule has 0 aliphatic rings. The van der Waals surface area contributed by atoms with Crippen molar-refractivity contribution in [2.45, 2.75) is 25.1 Å². The van der Waals surface area contributed by atoms with Gasteiger partial charge < -0.3 is 10.6 Å². The zero-order chi connectivity index (χ0) is 19.7. The normalized spacial score (nSPS) is 13.0. The lowest BCUT2D eigenvalue weighted by Crippen LogP contribution is -2.43. The Bertz CT molecular complexity index is 867. The minimum Gasteiger partial charge on any atom is -0.356 e. The van der Waals surface area contributed by atoms with E-state index in [-0.39, 0.29) is 35.8 Å².